The Labute approximate surface area is 118 Å². The number of nitrogens with one attached hydrogen (secondary N) is 1. The standard InChI is InChI=1S/C14H21N3OS/c1-19-13-6-4-11(5-7-13)9-16-14(15)17-10-12-3-2-8-18-12/h4-7,12H,2-3,8-10H2,1H3,(H3,15,16,17). The average Bonchev–Trinajstić information content (AvgIpc) is 2.96. The first-order chi connectivity index (χ1) is 9.28. The van der Waals surface area contributed by atoms with E-state index < -0.39 is 0 Å². The topological polar surface area (TPSA) is 59.6 Å². The third-order valence-corrected chi connectivity index (χ3v) is 3.87. The summed E-state index contributed by atoms with van der Waals surface area (Å²) in [5.41, 5.74) is 7.00. The zero-order valence-electron chi connectivity index (χ0n) is 11.3. The molecule has 1 aliphatic heterocycles. The lowest BCUT2D eigenvalue weighted by molar-refractivity contribution is 0.114. The second kappa shape index (κ2) is 7.40. The van der Waals surface area contributed by atoms with Crippen molar-refractivity contribution >= 4 is 17.7 Å². The summed E-state index contributed by atoms with van der Waals surface area (Å²) in [6.45, 7) is 2.23. The predicted molar refractivity (Wildman–Crippen MR) is 80.5 cm³/mol. The fraction of sp³-hybridized carbons (Fsp3) is 0.500. The Kier molecular flexibility index (Phi) is 5.54. The molecule has 1 aromatic carbocycles. The second-order valence-corrected chi connectivity index (χ2v) is 5.45. The van der Waals surface area contributed by atoms with Crippen molar-refractivity contribution in [3.05, 3.63) is 29.8 Å². The van der Waals surface area contributed by atoms with Crippen molar-refractivity contribution < 1.29 is 4.74 Å². The van der Waals surface area contributed by atoms with E-state index >= 15 is 0 Å². The van der Waals surface area contributed by atoms with Crippen molar-refractivity contribution in [3.8, 4) is 0 Å². The molecule has 1 fully saturated rings. The fourth-order valence-corrected chi connectivity index (χ4v) is 2.40. The van der Waals surface area contributed by atoms with Gasteiger partial charge in [0.1, 0.15) is 0 Å². The van der Waals surface area contributed by atoms with Crippen molar-refractivity contribution in [2.45, 2.75) is 30.4 Å². The third-order valence-electron chi connectivity index (χ3n) is 3.13. The maximum absolute atomic E-state index is 5.83. The summed E-state index contributed by atoms with van der Waals surface area (Å²) >= 11 is 1.74. The molecule has 104 valence electrons. The lowest BCUT2D eigenvalue weighted by Crippen LogP contribution is -2.37. The minimum atomic E-state index is 0.287. The molecule has 0 aliphatic carbocycles. The molecule has 5 heteroatoms. The van der Waals surface area contributed by atoms with Gasteiger partial charge in [-0.15, -0.1) is 11.8 Å². The predicted octanol–water partition coefficient (Wildman–Crippen LogP) is 1.99. The number of aliphatic imine (C=N–C) groups is 1. The van der Waals surface area contributed by atoms with Crippen LogP contribution in [0.4, 0.5) is 0 Å². The monoisotopic (exact) mass is 279 g/mol. The van der Waals surface area contributed by atoms with Gasteiger partial charge in [0.25, 0.3) is 0 Å². The maximum atomic E-state index is 5.83. The third kappa shape index (κ3) is 4.76. The van der Waals surface area contributed by atoms with Crippen LogP contribution in [0.1, 0.15) is 18.4 Å². The minimum absolute atomic E-state index is 0.287. The van der Waals surface area contributed by atoms with E-state index in [1.807, 2.05) is 0 Å². The van der Waals surface area contributed by atoms with Crippen LogP contribution >= 0.6 is 11.8 Å². The highest BCUT2D eigenvalue weighted by Crippen LogP contribution is 2.15. The average molecular weight is 279 g/mol. The van der Waals surface area contributed by atoms with Gasteiger partial charge in [-0.25, -0.2) is 4.99 Å². The lowest BCUT2D eigenvalue weighted by atomic mass is 10.2. The molecule has 0 radical (unpaired) electrons. The smallest absolute Gasteiger partial charge is 0.189 e. The number of hydrogen-bond acceptors (Lipinski definition) is 3. The second-order valence-electron chi connectivity index (χ2n) is 4.57. The van der Waals surface area contributed by atoms with Crippen LogP contribution in [0.25, 0.3) is 0 Å². The molecule has 1 unspecified atom stereocenters. The van der Waals surface area contributed by atoms with Crippen molar-refractivity contribution in [2.75, 3.05) is 19.4 Å². The Bertz CT molecular complexity index is 413. The Balaban J connectivity index is 1.76. The van der Waals surface area contributed by atoms with Crippen LogP contribution in [-0.2, 0) is 11.3 Å². The molecular formula is C14H21N3OS. The van der Waals surface area contributed by atoms with Gasteiger partial charge in [0.15, 0.2) is 5.96 Å². The van der Waals surface area contributed by atoms with Gasteiger partial charge in [0, 0.05) is 18.0 Å². The molecule has 1 saturated heterocycles. The van der Waals surface area contributed by atoms with E-state index in [9.17, 15) is 0 Å². The van der Waals surface area contributed by atoms with Crippen LogP contribution in [0, 0.1) is 0 Å². The zero-order chi connectivity index (χ0) is 13.5. The van der Waals surface area contributed by atoms with Gasteiger partial charge in [0.05, 0.1) is 12.6 Å². The number of guanidine groups is 1. The first kappa shape index (κ1) is 14.2. The Morgan fingerprint density at radius 2 is 2.26 bits per heavy atom. The summed E-state index contributed by atoms with van der Waals surface area (Å²) in [6.07, 6.45) is 4.61. The van der Waals surface area contributed by atoms with Gasteiger partial charge < -0.3 is 15.8 Å². The maximum Gasteiger partial charge on any atom is 0.189 e. The Morgan fingerprint density at radius 1 is 1.47 bits per heavy atom. The number of thioether (sulfide) groups is 1. The van der Waals surface area contributed by atoms with Crippen molar-refractivity contribution in [1.82, 2.24) is 5.32 Å². The van der Waals surface area contributed by atoms with Gasteiger partial charge in [-0.05, 0) is 36.8 Å². The van der Waals surface area contributed by atoms with Crippen LogP contribution < -0.4 is 11.1 Å². The molecule has 1 heterocycles. The van der Waals surface area contributed by atoms with E-state index in [0.717, 1.165) is 26.0 Å². The van der Waals surface area contributed by atoms with Crippen LogP contribution in [0.3, 0.4) is 0 Å². The van der Waals surface area contributed by atoms with E-state index in [2.05, 4.69) is 40.8 Å². The summed E-state index contributed by atoms with van der Waals surface area (Å²) in [6, 6.07) is 8.38. The molecular weight excluding hydrogens is 258 g/mol. The highest BCUT2D eigenvalue weighted by molar-refractivity contribution is 7.98. The molecule has 0 saturated carbocycles. The van der Waals surface area contributed by atoms with Crippen LogP contribution in [0.15, 0.2) is 34.2 Å². The van der Waals surface area contributed by atoms with E-state index in [1.165, 1.54) is 10.5 Å². The van der Waals surface area contributed by atoms with E-state index in [4.69, 9.17) is 10.5 Å². The largest absolute Gasteiger partial charge is 0.376 e. The highest BCUT2D eigenvalue weighted by Gasteiger charge is 2.14. The lowest BCUT2D eigenvalue weighted by Gasteiger charge is -2.11. The van der Waals surface area contributed by atoms with Gasteiger partial charge in [-0.1, -0.05) is 12.1 Å². The first-order valence-corrected chi connectivity index (χ1v) is 7.78. The molecule has 19 heavy (non-hydrogen) atoms. The van der Waals surface area contributed by atoms with Crippen molar-refractivity contribution in [3.63, 3.8) is 0 Å². The summed E-state index contributed by atoms with van der Waals surface area (Å²) < 4.78 is 5.52. The van der Waals surface area contributed by atoms with Gasteiger partial charge in [-0.3, -0.25) is 0 Å². The molecule has 0 spiro atoms. The molecule has 1 aliphatic rings. The van der Waals surface area contributed by atoms with Gasteiger partial charge in [-0.2, -0.15) is 0 Å². The normalized spacial score (nSPS) is 19.6. The fourth-order valence-electron chi connectivity index (χ4n) is 1.99. The summed E-state index contributed by atoms with van der Waals surface area (Å²) in [4.78, 5) is 5.59. The van der Waals surface area contributed by atoms with E-state index in [-0.39, 0.29) is 6.10 Å². The SMILES string of the molecule is CSc1ccc(CN=C(N)NCC2CCCO2)cc1. The number of hydrogen-bond donors (Lipinski definition) is 2. The number of benzene rings is 1. The molecule has 0 amide bonds. The van der Waals surface area contributed by atoms with Crippen molar-refractivity contribution in [1.29, 1.82) is 0 Å². The number of rotatable bonds is 5. The minimum Gasteiger partial charge on any atom is -0.376 e. The Morgan fingerprint density at radius 3 is 2.89 bits per heavy atom. The molecule has 0 bridgehead atoms. The molecule has 3 N–H and O–H groups in total. The first-order valence-electron chi connectivity index (χ1n) is 6.56. The highest BCUT2D eigenvalue weighted by atomic mass is 32.2. The molecule has 0 aromatic heterocycles. The summed E-state index contributed by atoms with van der Waals surface area (Å²) in [5, 5.41) is 3.12. The quantitative estimate of drug-likeness (QED) is 0.491. The number of nitrogens with two attached hydrogens (primary N) is 1. The van der Waals surface area contributed by atoms with Gasteiger partial charge in [0.2, 0.25) is 0 Å². The molecule has 1 aromatic rings. The number of ether oxygens (including phenoxy) is 1. The van der Waals surface area contributed by atoms with Gasteiger partial charge >= 0.3 is 0 Å². The van der Waals surface area contributed by atoms with Crippen LogP contribution in [0.5, 0.6) is 0 Å². The summed E-state index contributed by atoms with van der Waals surface area (Å²) in [7, 11) is 0. The number of nitrogens with zero attached hydrogens (tertiary/aromatic N) is 1. The van der Waals surface area contributed by atoms with Crippen molar-refractivity contribution in [2.24, 2.45) is 10.7 Å². The molecule has 2 rings (SSSR count). The van der Waals surface area contributed by atoms with E-state index in [1.54, 1.807) is 11.8 Å². The van der Waals surface area contributed by atoms with Crippen LogP contribution in [0.2, 0.25) is 0 Å². The zero-order valence-corrected chi connectivity index (χ0v) is 12.1. The Hall–Kier alpha value is -1.20. The van der Waals surface area contributed by atoms with E-state index in [0.29, 0.717) is 12.5 Å². The van der Waals surface area contributed by atoms with Crippen LogP contribution in [-0.4, -0.2) is 31.5 Å². The summed E-state index contributed by atoms with van der Waals surface area (Å²) in [5.74, 6) is 0.490. The molecule has 1 atom stereocenters. The molecule has 4 nitrogen and oxygen atoms in total.